The molecule has 0 unspecified atom stereocenters. The summed E-state index contributed by atoms with van der Waals surface area (Å²) in [7, 11) is 0. The number of aryl methyl sites for hydroxylation is 1. The fourth-order valence-corrected chi connectivity index (χ4v) is 2.08. The van der Waals surface area contributed by atoms with Gasteiger partial charge in [-0.1, -0.05) is 13.8 Å². The summed E-state index contributed by atoms with van der Waals surface area (Å²) < 4.78 is 5.87. The lowest BCUT2D eigenvalue weighted by atomic mass is 9.99. The predicted octanol–water partition coefficient (Wildman–Crippen LogP) is 3.83. The summed E-state index contributed by atoms with van der Waals surface area (Å²) in [5.41, 5.74) is 9.09. The number of ether oxygens (including phenoxy) is 1. The van der Waals surface area contributed by atoms with Crippen molar-refractivity contribution in [2.24, 2.45) is 0 Å². The van der Waals surface area contributed by atoms with Crippen LogP contribution in [-0.2, 0) is 0 Å². The van der Waals surface area contributed by atoms with Crippen LogP contribution < -0.4 is 10.5 Å². The maximum absolute atomic E-state index is 5.94. The molecule has 2 nitrogen and oxygen atoms in total. The molecule has 1 aromatic rings. The fourth-order valence-electron chi connectivity index (χ4n) is 1.68. The van der Waals surface area contributed by atoms with Gasteiger partial charge in [0.2, 0.25) is 0 Å². The lowest BCUT2D eigenvalue weighted by molar-refractivity contribution is 0.314. The van der Waals surface area contributed by atoms with Gasteiger partial charge in [0.25, 0.3) is 0 Å². The second kappa shape index (κ2) is 6.80. The molecule has 1 aromatic carbocycles. The van der Waals surface area contributed by atoms with E-state index in [-0.39, 0.29) is 0 Å². The molecule has 0 heterocycles. The Morgan fingerprint density at radius 1 is 1.35 bits per heavy atom. The molecule has 0 amide bonds. The smallest absolute Gasteiger partial charge is 0.123 e. The Morgan fingerprint density at radius 2 is 2.06 bits per heavy atom. The van der Waals surface area contributed by atoms with Crippen LogP contribution in [0, 0.1) is 6.92 Å². The molecule has 0 aromatic heterocycles. The van der Waals surface area contributed by atoms with Crippen LogP contribution in [0.3, 0.4) is 0 Å². The molecular formula is C14H23NOS. The minimum atomic E-state index is 0.438. The highest BCUT2D eigenvalue weighted by atomic mass is 32.2. The summed E-state index contributed by atoms with van der Waals surface area (Å²) in [5.74, 6) is 2.58. The van der Waals surface area contributed by atoms with Gasteiger partial charge in [-0.25, -0.2) is 0 Å². The van der Waals surface area contributed by atoms with E-state index in [0.717, 1.165) is 35.8 Å². The molecular weight excluding hydrogens is 230 g/mol. The molecule has 0 radical (unpaired) electrons. The maximum atomic E-state index is 5.94. The van der Waals surface area contributed by atoms with Crippen LogP contribution in [-0.4, -0.2) is 18.6 Å². The summed E-state index contributed by atoms with van der Waals surface area (Å²) in [5, 5.41) is 0. The van der Waals surface area contributed by atoms with Gasteiger partial charge in [0.05, 0.1) is 6.61 Å². The molecule has 1 rings (SSSR count). The van der Waals surface area contributed by atoms with E-state index < -0.39 is 0 Å². The van der Waals surface area contributed by atoms with Gasteiger partial charge >= 0.3 is 0 Å². The first-order chi connectivity index (χ1) is 8.06. The van der Waals surface area contributed by atoms with Crippen molar-refractivity contribution in [1.29, 1.82) is 0 Å². The Kier molecular flexibility index (Phi) is 5.69. The minimum Gasteiger partial charge on any atom is -0.493 e. The molecule has 3 heteroatoms. The summed E-state index contributed by atoms with van der Waals surface area (Å²) in [6, 6.07) is 4.10. The fraction of sp³-hybridized carbons (Fsp3) is 0.571. The number of hydrogen-bond acceptors (Lipinski definition) is 3. The van der Waals surface area contributed by atoms with Crippen LogP contribution in [0.4, 0.5) is 5.69 Å². The van der Waals surface area contributed by atoms with Crippen molar-refractivity contribution in [2.45, 2.75) is 33.1 Å². The lowest BCUT2D eigenvalue weighted by Crippen LogP contribution is -2.04. The Balaban J connectivity index is 2.78. The molecule has 0 aliphatic heterocycles. The Morgan fingerprint density at radius 3 is 2.65 bits per heavy atom. The second-order valence-corrected chi connectivity index (χ2v) is 5.58. The zero-order chi connectivity index (χ0) is 12.8. The number of hydrogen-bond donors (Lipinski definition) is 1. The van der Waals surface area contributed by atoms with Crippen LogP contribution >= 0.6 is 11.8 Å². The van der Waals surface area contributed by atoms with E-state index in [1.807, 2.05) is 24.8 Å². The van der Waals surface area contributed by atoms with Crippen LogP contribution in [0.2, 0.25) is 0 Å². The lowest BCUT2D eigenvalue weighted by Gasteiger charge is -2.16. The van der Waals surface area contributed by atoms with E-state index in [1.165, 1.54) is 5.56 Å². The van der Waals surface area contributed by atoms with E-state index >= 15 is 0 Å². The number of anilines is 1. The Hall–Kier alpha value is -0.830. The normalized spacial score (nSPS) is 10.9. The molecule has 2 N–H and O–H groups in total. The van der Waals surface area contributed by atoms with Crippen molar-refractivity contribution in [2.75, 3.05) is 24.3 Å². The molecule has 17 heavy (non-hydrogen) atoms. The van der Waals surface area contributed by atoms with Crippen molar-refractivity contribution in [3.05, 3.63) is 23.3 Å². The topological polar surface area (TPSA) is 35.2 Å². The van der Waals surface area contributed by atoms with E-state index in [9.17, 15) is 0 Å². The van der Waals surface area contributed by atoms with Gasteiger partial charge in [-0.2, -0.15) is 11.8 Å². The van der Waals surface area contributed by atoms with Gasteiger partial charge in [0.15, 0.2) is 0 Å². The van der Waals surface area contributed by atoms with E-state index in [0.29, 0.717) is 5.92 Å². The van der Waals surface area contributed by atoms with Crippen molar-refractivity contribution < 1.29 is 4.74 Å². The van der Waals surface area contributed by atoms with Crippen LogP contribution in [0.1, 0.15) is 37.3 Å². The Labute approximate surface area is 109 Å². The average Bonchev–Trinajstić information content (AvgIpc) is 2.28. The predicted molar refractivity (Wildman–Crippen MR) is 78.2 cm³/mol. The van der Waals surface area contributed by atoms with Crippen molar-refractivity contribution in [3.63, 3.8) is 0 Å². The van der Waals surface area contributed by atoms with Crippen molar-refractivity contribution in [3.8, 4) is 5.75 Å². The molecule has 96 valence electrons. The summed E-state index contributed by atoms with van der Waals surface area (Å²) in [6.07, 6.45) is 3.20. The molecule has 0 saturated carbocycles. The Bertz CT molecular complexity index is 363. The first-order valence-electron chi connectivity index (χ1n) is 6.08. The van der Waals surface area contributed by atoms with Gasteiger partial charge < -0.3 is 10.5 Å². The maximum Gasteiger partial charge on any atom is 0.123 e. The molecule has 0 aliphatic rings. The standard InChI is InChI=1S/C14H23NOS/c1-10(2)12-9-13(15)11(3)8-14(12)16-6-5-7-17-4/h8-10H,5-7,15H2,1-4H3. The SMILES string of the molecule is CSCCCOc1cc(C)c(N)cc1C(C)C. The van der Waals surface area contributed by atoms with Gasteiger partial charge in [-0.3, -0.25) is 0 Å². The van der Waals surface area contributed by atoms with Crippen LogP contribution in [0.15, 0.2) is 12.1 Å². The first kappa shape index (κ1) is 14.2. The zero-order valence-electron chi connectivity index (χ0n) is 11.2. The van der Waals surface area contributed by atoms with Gasteiger partial charge in [0.1, 0.15) is 5.75 Å². The molecule has 0 atom stereocenters. The van der Waals surface area contributed by atoms with E-state index in [2.05, 4.69) is 26.2 Å². The summed E-state index contributed by atoms with van der Waals surface area (Å²) in [6.45, 7) is 7.13. The molecule has 0 fully saturated rings. The monoisotopic (exact) mass is 253 g/mol. The average molecular weight is 253 g/mol. The quantitative estimate of drug-likeness (QED) is 0.618. The number of rotatable bonds is 6. The molecule has 0 saturated heterocycles. The van der Waals surface area contributed by atoms with Crippen molar-refractivity contribution in [1.82, 2.24) is 0 Å². The number of benzene rings is 1. The van der Waals surface area contributed by atoms with Crippen molar-refractivity contribution >= 4 is 17.4 Å². The van der Waals surface area contributed by atoms with Crippen LogP contribution in [0.5, 0.6) is 5.75 Å². The number of nitrogen functional groups attached to an aromatic ring is 1. The molecule has 0 bridgehead atoms. The van der Waals surface area contributed by atoms with Crippen LogP contribution in [0.25, 0.3) is 0 Å². The minimum absolute atomic E-state index is 0.438. The zero-order valence-corrected chi connectivity index (χ0v) is 12.1. The molecule has 0 spiro atoms. The van der Waals surface area contributed by atoms with Gasteiger partial charge in [0, 0.05) is 5.69 Å². The number of nitrogens with two attached hydrogens (primary N) is 1. The second-order valence-electron chi connectivity index (χ2n) is 4.60. The summed E-state index contributed by atoms with van der Waals surface area (Å²) >= 11 is 1.85. The van der Waals surface area contributed by atoms with Gasteiger partial charge in [-0.15, -0.1) is 0 Å². The highest BCUT2D eigenvalue weighted by Gasteiger charge is 2.10. The first-order valence-corrected chi connectivity index (χ1v) is 7.47. The highest BCUT2D eigenvalue weighted by Crippen LogP contribution is 2.31. The third-order valence-electron chi connectivity index (χ3n) is 2.77. The summed E-state index contributed by atoms with van der Waals surface area (Å²) in [4.78, 5) is 0. The highest BCUT2D eigenvalue weighted by molar-refractivity contribution is 7.98. The largest absolute Gasteiger partial charge is 0.493 e. The van der Waals surface area contributed by atoms with E-state index in [4.69, 9.17) is 10.5 Å². The third kappa shape index (κ3) is 4.15. The van der Waals surface area contributed by atoms with Gasteiger partial charge in [-0.05, 0) is 54.5 Å². The molecule has 0 aliphatic carbocycles. The number of thioether (sulfide) groups is 1. The van der Waals surface area contributed by atoms with E-state index in [1.54, 1.807) is 0 Å². The third-order valence-corrected chi connectivity index (χ3v) is 3.47.